The molecule has 21 heavy (non-hydrogen) atoms. The van der Waals surface area contributed by atoms with E-state index in [0.717, 1.165) is 18.3 Å². The Morgan fingerprint density at radius 3 is 2.67 bits per heavy atom. The van der Waals surface area contributed by atoms with E-state index in [1.165, 1.54) is 43.6 Å². The molecule has 0 radical (unpaired) electrons. The molecule has 1 aromatic heterocycles. The van der Waals surface area contributed by atoms with Crippen molar-refractivity contribution < 1.29 is 0 Å². The summed E-state index contributed by atoms with van der Waals surface area (Å²) in [5.41, 5.74) is 3.12. The molecule has 2 fully saturated rings. The average Bonchev–Trinajstić information content (AvgIpc) is 3.39. The largest absolute Gasteiger partial charge is 0.311 e. The number of imidazole rings is 1. The molecule has 1 heterocycles. The fraction of sp³-hybridized carbons (Fsp3) is 0.500. The Kier molecular flexibility index (Phi) is 3.11. The van der Waals surface area contributed by atoms with E-state index in [-0.39, 0.29) is 0 Å². The lowest BCUT2D eigenvalue weighted by Gasteiger charge is -2.16. The lowest BCUT2D eigenvalue weighted by atomic mass is 10.0. The van der Waals surface area contributed by atoms with Gasteiger partial charge in [-0.05, 0) is 56.1 Å². The van der Waals surface area contributed by atoms with Crippen LogP contribution in [0.15, 0.2) is 36.5 Å². The van der Waals surface area contributed by atoms with Gasteiger partial charge >= 0.3 is 0 Å². The number of nitrogens with one attached hydrogen (secondary N) is 1. The molecule has 0 aliphatic heterocycles. The summed E-state index contributed by atoms with van der Waals surface area (Å²) in [5.74, 6) is 2.08. The molecule has 0 saturated heterocycles. The zero-order valence-corrected chi connectivity index (χ0v) is 12.7. The van der Waals surface area contributed by atoms with Gasteiger partial charge in [0.15, 0.2) is 0 Å². The first kappa shape index (κ1) is 13.1. The predicted molar refractivity (Wildman–Crippen MR) is 84.4 cm³/mol. The highest BCUT2D eigenvalue weighted by Crippen LogP contribution is 2.60. The molecule has 1 N–H and O–H groups in total. The van der Waals surface area contributed by atoms with E-state index >= 15 is 0 Å². The Morgan fingerprint density at radius 1 is 1.24 bits per heavy atom. The van der Waals surface area contributed by atoms with Crippen molar-refractivity contribution in [2.45, 2.75) is 39.2 Å². The molecule has 0 bridgehead atoms. The minimum Gasteiger partial charge on any atom is -0.311 e. The van der Waals surface area contributed by atoms with Crippen molar-refractivity contribution in [2.75, 3.05) is 6.54 Å². The molecule has 0 amide bonds. The van der Waals surface area contributed by atoms with Crippen molar-refractivity contribution in [1.29, 1.82) is 0 Å². The van der Waals surface area contributed by atoms with Crippen LogP contribution in [-0.2, 0) is 6.54 Å². The van der Waals surface area contributed by atoms with E-state index < -0.39 is 0 Å². The minimum absolute atomic E-state index is 0.659. The van der Waals surface area contributed by atoms with Crippen molar-refractivity contribution in [3.8, 4) is 5.69 Å². The fourth-order valence-electron chi connectivity index (χ4n) is 3.57. The van der Waals surface area contributed by atoms with Crippen LogP contribution in [0.4, 0.5) is 0 Å². The molecule has 110 valence electrons. The SMILES string of the molecule is Cc1ncc(CNCC2(C3CC3)CC2)n1-c1ccccc1. The molecular weight excluding hydrogens is 258 g/mol. The number of benzene rings is 1. The van der Waals surface area contributed by atoms with Gasteiger partial charge in [-0.3, -0.25) is 4.57 Å². The molecule has 0 spiro atoms. The van der Waals surface area contributed by atoms with Gasteiger partial charge in [-0.25, -0.2) is 4.98 Å². The van der Waals surface area contributed by atoms with Gasteiger partial charge in [-0.2, -0.15) is 0 Å². The van der Waals surface area contributed by atoms with Gasteiger partial charge in [0.1, 0.15) is 5.82 Å². The summed E-state index contributed by atoms with van der Waals surface area (Å²) >= 11 is 0. The first-order valence-corrected chi connectivity index (χ1v) is 8.08. The van der Waals surface area contributed by atoms with Crippen LogP contribution in [-0.4, -0.2) is 16.1 Å². The van der Waals surface area contributed by atoms with Gasteiger partial charge in [0.25, 0.3) is 0 Å². The van der Waals surface area contributed by atoms with Gasteiger partial charge in [-0.15, -0.1) is 0 Å². The zero-order chi connectivity index (χ0) is 14.3. The molecule has 1 aromatic carbocycles. The van der Waals surface area contributed by atoms with Gasteiger partial charge < -0.3 is 5.32 Å². The number of hydrogen-bond acceptors (Lipinski definition) is 2. The molecule has 4 rings (SSSR count). The number of aryl methyl sites for hydroxylation is 1. The third kappa shape index (κ3) is 2.51. The van der Waals surface area contributed by atoms with Crippen LogP contribution in [0.1, 0.15) is 37.2 Å². The number of hydrogen-bond donors (Lipinski definition) is 1. The Labute approximate surface area is 126 Å². The number of rotatable bonds is 6. The second kappa shape index (κ2) is 4.99. The maximum absolute atomic E-state index is 4.49. The van der Waals surface area contributed by atoms with Crippen LogP contribution < -0.4 is 5.32 Å². The number of aromatic nitrogens is 2. The summed E-state index contributed by atoms with van der Waals surface area (Å²) in [6, 6.07) is 10.5. The first-order valence-electron chi connectivity index (χ1n) is 8.08. The minimum atomic E-state index is 0.659. The Bertz CT molecular complexity index is 621. The van der Waals surface area contributed by atoms with Crippen LogP contribution in [0, 0.1) is 18.3 Å². The van der Waals surface area contributed by atoms with Crippen LogP contribution >= 0.6 is 0 Å². The van der Waals surface area contributed by atoms with Crippen LogP contribution in [0.25, 0.3) is 5.69 Å². The second-order valence-electron chi connectivity index (χ2n) is 6.71. The van der Waals surface area contributed by atoms with Crippen LogP contribution in [0.5, 0.6) is 0 Å². The van der Waals surface area contributed by atoms with Crippen molar-refractivity contribution in [1.82, 2.24) is 14.9 Å². The smallest absolute Gasteiger partial charge is 0.110 e. The lowest BCUT2D eigenvalue weighted by Crippen LogP contribution is -2.26. The maximum atomic E-state index is 4.49. The van der Waals surface area contributed by atoms with Gasteiger partial charge in [0.2, 0.25) is 0 Å². The topological polar surface area (TPSA) is 29.9 Å². The Hall–Kier alpha value is -1.61. The van der Waals surface area contributed by atoms with Gasteiger partial charge in [-0.1, -0.05) is 18.2 Å². The molecule has 0 unspecified atom stereocenters. The molecule has 2 aliphatic carbocycles. The molecule has 2 aliphatic rings. The molecule has 0 atom stereocenters. The predicted octanol–water partition coefficient (Wildman–Crippen LogP) is 3.46. The Morgan fingerprint density at radius 2 is 2.00 bits per heavy atom. The van der Waals surface area contributed by atoms with Gasteiger partial charge in [0.05, 0.1) is 11.9 Å². The van der Waals surface area contributed by atoms with E-state index in [0.29, 0.717) is 5.41 Å². The summed E-state index contributed by atoms with van der Waals surface area (Å²) in [7, 11) is 0. The molecule has 2 aromatic rings. The average molecular weight is 281 g/mol. The summed E-state index contributed by atoms with van der Waals surface area (Å²) < 4.78 is 2.25. The van der Waals surface area contributed by atoms with Crippen LogP contribution in [0.3, 0.4) is 0 Å². The Balaban J connectivity index is 1.46. The number of nitrogens with zero attached hydrogens (tertiary/aromatic N) is 2. The van der Waals surface area contributed by atoms with Crippen molar-refractivity contribution in [3.05, 3.63) is 48.0 Å². The summed E-state index contributed by atoms with van der Waals surface area (Å²) in [4.78, 5) is 4.49. The third-order valence-corrected chi connectivity index (χ3v) is 5.14. The monoisotopic (exact) mass is 281 g/mol. The second-order valence-corrected chi connectivity index (χ2v) is 6.71. The molecule has 3 heteroatoms. The summed E-state index contributed by atoms with van der Waals surface area (Å²) in [6.45, 7) is 4.16. The fourth-order valence-corrected chi connectivity index (χ4v) is 3.57. The highest BCUT2D eigenvalue weighted by molar-refractivity contribution is 5.35. The number of para-hydroxylation sites is 1. The van der Waals surface area contributed by atoms with E-state index in [2.05, 4.69) is 52.1 Å². The summed E-state index contributed by atoms with van der Waals surface area (Å²) in [6.07, 6.45) is 7.79. The maximum Gasteiger partial charge on any atom is 0.110 e. The highest BCUT2D eigenvalue weighted by Gasteiger charge is 2.53. The first-order chi connectivity index (χ1) is 10.3. The third-order valence-electron chi connectivity index (χ3n) is 5.14. The molecule has 3 nitrogen and oxygen atoms in total. The van der Waals surface area contributed by atoms with E-state index in [4.69, 9.17) is 0 Å². The highest BCUT2D eigenvalue weighted by atomic mass is 15.1. The van der Waals surface area contributed by atoms with Crippen molar-refractivity contribution >= 4 is 0 Å². The van der Waals surface area contributed by atoms with Gasteiger partial charge in [0, 0.05) is 18.8 Å². The standard InChI is InChI=1S/C18H23N3/c1-14-20-12-17(21(14)16-5-3-2-4-6-16)11-19-13-18(9-10-18)15-7-8-15/h2-6,12,15,19H,7-11,13H2,1H3. The van der Waals surface area contributed by atoms with Crippen molar-refractivity contribution in [2.24, 2.45) is 11.3 Å². The van der Waals surface area contributed by atoms with Crippen LogP contribution in [0.2, 0.25) is 0 Å². The van der Waals surface area contributed by atoms with Crippen molar-refractivity contribution in [3.63, 3.8) is 0 Å². The van der Waals surface area contributed by atoms with E-state index in [1.807, 2.05) is 6.20 Å². The summed E-state index contributed by atoms with van der Waals surface area (Å²) in [5, 5.41) is 3.69. The zero-order valence-electron chi connectivity index (χ0n) is 12.7. The normalized spacial score (nSPS) is 19.7. The van der Waals surface area contributed by atoms with E-state index in [9.17, 15) is 0 Å². The van der Waals surface area contributed by atoms with E-state index in [1.54, 1.807) is 0 Å². The quantitative estimate of drug-likeness (QED) is 0.878. The molecular formula is C18H23N3. The molecule has 2 saturated carbocycles. The lowest BCUT2D eigenvalue weighted by molar-refractivity contribution is 0.401.